The number of amides is 1. The molecule has 4 nitrogen and oxygen atoms in total. The van der Waals surface area contributed by atoms with Crippen molar-refractivity contribution in [1.29, 1.82) is 0 Å². The highest BCUT2D eigenvalue weighted by molar-refractivity contribution is 6.31. The highest BCUT2D eigenvalue weighted by atomic mass is 35.5. The number of nitrogens with one attached hydrogen (secondary N) is 1. The quantitative estimate of drug-likeness (QED) is 0.821. The third kappa shape index (κ3) is 4.23. The molecule has 0 spiro atoms. The molecule has 2 rings (SSSR count). The van der Waals surface area contributed by atoms with Crippen molar-refractivity contribution >= 4 is 23.2 Å². The minimum absolute atomic E-state index is 0.238. The predicted octanol–water partition coefficient (Wildman–Crippen LogP) is 3.93. The number of carbonyl (C=O) groups is 1. The largest absolute Gasteiger partial charge is 0.490 e. The van der Waals surface area contributed by atoms with Crippen LogP contribution >= 0.6 is 11.6 Å². The second-order valence-corrected chi connectivity index (χ2v) is 5.19. The van der Waals surface area contributed by atoms with Gasteiger partial charge in [-0.2, -0.15) is 0 Å². The van der Waals surface area contributed by atoms with Crippen molar-refractivity contribution in [3.8, 4) is 5.75 Å². The Morgan fingerprint density at radius 3 is 2.73 bits per heavy atom. The van der Waals surface area contributed by atoms with E-state index in [1.54, 1.807) is 37.4 Å². The molecule has 0 aliphatic rings. The van der Waals surface area contributed by atoms with Crippen molar-refractivity contribution in [2.75, 3.05) is 25.6 Å². The monoisotopic (exact) mass is 319 g/mol. The maximum Gasteiger partial charge on any atom is 0.259 e. The lowest BCUT2D eigenvalue weighted by molar-refractivity contribution is 0.101. The molecule has 0 bridgehead atoms. The number of methoxy groups -OCH3 is 1. The number of benzene rings is 2. The maximum atomic E-state index is 12.5. The summed E-state index contributed by atoms with van der Waals surface area (Å²) < 4.78 is 10.5. The molecule has 1 amide bonds. The third-order valence-corrected chi connectivity index (χ3v) is 3.36. The van der Waals surface area contributed by atoms with Gasteiger partial charge in [-0.1, -0.05) is 29.8 Å². The number of anilines is 1. The molecular formula is C17H18ClNO3. The van der Waals surface area contributed by atoms with Crippen LogP contribution in [0, 0.1) is 6.92 Å². The zero-order valence-corrected chi connectivity index (χ0v) is 13.3. The van der Waals surface area contributed by atoms with Gasteiger partial charge in [0, 0.05) is 17.8 Å². The molecule has 0 saturated carbocycles. The zero-order valence-electron chi connectivity index (χ0n) is 12.6. The van der Waals surface area contributed by atoms with E-state index >= 15 is 0 Å². The number of ether oxygens (including phenoxy) is 2. The molecule has 0 aliphatic carbocycles. The Morgan fingerprint density at radius 2 is 1.95 bits per heavy atom. The van der Waals surface area contributed by atoms with Crippen LogP contribution in [0.15, 0.2) is 42.5 Å². The highest BCUT2D eigenvalue weighted by Crippen LogP contribution is 2.23. The molecule has 0 saturated heterocycles. The van der Waals surface area contributed by atoms with Gasteiger partial charge >= 0.3 is 0 Å². The van der Waals surface area contributed by atoms with Crippen LogP contribution in [0.25, 0.3) is 0 Å². The summed E-state index contributed by atoms with van der Waals surface area (Å²) in [7, 11) is 1.60. The summed E-state index contributed by atoms with van der Waals surface area (Å²) in [5.74, 6) is 0.287. The smallest absolute Gasteiger partial charge is 0.259 e. The second-order valence-electron chi connectivity index (χ2n) is 4.75. The molecule has 5 heteroatoms. The number of aryl methyl sites for hydroxylation is 1. The van der Waals surface area contributed by atoms with E-state index in [-0.39, 0.29) is 5.91 Å². The van der Waals surface area contributed by atoms with Gasteiger partial charge in [0.05, 0.1) is 12.2 Å². The van der Waals surface area contributed by atoms with Crippen molar-refractivity contribution < 1.29 is 14.3 Å². The Labute approximate surface area is 135 Å². The first kappa shape index (κ1) is 16.3. The summed E-state index contributed by atoms with van der Waals surface area (Å²) in [6.07, 6.45) is 0. The lowest BCUT2D eigenvalue weighted by atomic mass is 10.1. The van der Waals surface area contributed by atoms with Crippen LogP contribution in [0.1, 0.15) is 15.9 Å². The first-order chi connectivity index (χ1) is 10.6. The topological polar surface area (TPSA) is 47.6 Å². The van der Waals surface area contributed by atoms with Gasteiger partial charge in [-0.05, 0) is 36.8 Å². The Bertz CT molecular complexity index is 658. The Balaban J connectivity index is 2.17. The molecule has 0 fully saturated rings. The van der Waals surface area contributed by atoms with Gasteiger partial charge in [0.25, 0.3) is 5.91 Å². The fraction of sp³-hybridized carbons (Fsp3) is 0.235. The van der Waals surface area contributed by atoms with Crippen LogP contribution in [0.3, 0.4) is 0 Å². The summed E-state index contributed by atoms with van der Waals surface area (Å²) in [6.45, 7) is 2.76. The van der Waals surface area contributed by atoms with E-state index in [1.807, 2.05) is 19.1 Å². The van der Waals surface area contributed by atoms with Crippen molar-refractivity contribution in [3.05, 3.63) is 58.6 Å². The summed E-state index contributed by atoms with van der Waals surface area (Å²) in [6, 6.07) is 12.5. The summed E-state index contributed by atoms with van der Waals surface area (Å²) >= 11 is 5.97. The lowest BCUT2D eigenvalue weighted by Crippen LogP contribution is -2.15. The van der Waals surface area contributed by atoms with E-state index in [9.17, 15) is 4.79 Å². The van der Waals surface area contributed by atoms with Gasteiger partial charge in [-0.25, -0.2) is 0 Å². The summed E-state index contributed by atoms with van der Waals surface area (Å²) in [5, 5.41) is 3.44. The van der Waals surface area contributed by atoms with E-state index in [4.69, 9.17) is 21.1 Å². The molecule has 2 aromatic carbocycles. The summed E-state index contributed by atoms with van der Waals surface area (Å²) in [5.41, 5.74) is 2.10. The maximum absolute atomic E-state index is 12.5. The lowest BCUT2D eigenvalue weighted by Gasteiger charge is -2.13. The molecular weight excluding hydrogens is 302 g/mol. The number of carbonyl (C=O) groups excluding carboxylic acids is 1. The number of halogens is 1. The standard InChI is InChI=1S/C17H18ClNO3/c1-12-7-8-13(18)11-15(12)19-17(20)14-5-3-4-6-16(14)22-10-9-21-2/h3-8,11H,9-10H2,1-2H3,(H,19,20). The molecule has 116 valence electrons. The van der Waals surface area contributed by atoms with Gasteiger partial charge in [-0.15, -0.1) is 0 Å². The fourth-order valence-corrected chi connectivity index (χ4v) is 2.11. The number of hydrogen-bond acceptors (Lipinski definition) is 3. The first-order valence-electron chi connectivity index (χ1n) is 6.90. The second kappa shape index (κ2) is 7.82. The molecule has 1 N–H and O–H groups in total. The van der Waals surface area contributed by atoms with Crippen LogP contribution in [0.4, 0.5) is 5.69 Å². The molecule has 0 heterocycles. The van der Waals surface area contributed by atoms with Crippen molar-refractivity contribution in [2.24, 2.45) is 0 Å². The number of hydrogen-bond donors (Lipinski definition) is 1. The molecule has 0 unspecified atom stereocenters. The third-order valence-electron chi connectivity index (χ3n) is 3.12. The van der Waals surface area contributed by atoms with Gasteiger partial charge in [0.1, 0.15) is 12.4 Å². The average molecular weight is 320 g/mol. The number of rotatable bonds is 6. The molecule has 2 aromatic rings. The highest BCUT2D eigenvalue weighted by Gasteiger charge is 2.13. The van der Waals surface area contributed by atoms with Crippen LogP contribution in [0.5, 0.6) is 5.75 Å². The van der Waals surface area contributed by atoms with Gasteiger partial charge in [-0.3, -0.25) is 4.79 Å². The van der Waals surface area contributed by atoms with Crippen molar-refractivity contribution in [3.63, 3.8) is 0 Å². The summed E-state index contributed by atoms with van der Waals surface area (Å²) in [4.78, 5) is 12.5. The van der Waals surface area contributed by atoms with Gasteiger partial charge < -0.3 is 14.8 Å². The van der Waals surface area contributed by atoms with Crippen molar-refractivity contribution in [2.45, 2.75) is 6.92 Å². The van der Waals surface area contributed by atoms with E-state index in [0.29, 0.717) is 35.2 Å². The van der Waals surface area contributed by atoms with Gasteiger partial charge in [0.15, 0.2) is 0 Å². The Morgan fingerprint density at radius 1 is 1.18 bits per heavy atom. The normalized spacial score (nSPS) is 10.3. The van der Waals surface area contributed by atoms with E-state index in [2.05, 4.69) is 5.32 Å². The van der Waals surface area contributed by atoms with Crippen LogP contribution < -0.4 is 10.1 Å². The average Bonchev–Trinajstić information content (AvgIpc) is 2.51. The van der Waals surface area contributed by atoms with E-state index in [1.165, 1.54) is 0 Å². The molecule has 22 heavy (non-hydrogen) atoms. The minimum Gasteiger partial charge on any atom is -0.490 e. The van der Waals surface area contributed by atoms with Crippen LogP contribution in [-0.4, -0.2) is 26.2 Å². The van der Waals surface area contributed by atoms with Crippen LogP contribution in [-0.2, 0) is 4.74 Å². The Kier molecular flexibility index (Phi) is 5.81. The first-order valence-corrected chi connectivity index (χ1v) is 7.28. The van der Waals surface area contributed by atoms with Crippen LogP contribution in [0.2, 0.25) is 5.02 Å². The van der Waals surface area contributed by atoms with Gasteiger partial charge in [0.2, 0.25) is 0 Å². The Hall–Kier alpha value is -2.04. The minimum atomic E-state index is -0.238. The predicted molar refractivity (Wildman–Crippen MR) is 88.0 cm³/mol. The molecule has 0 radical (unpaired) electrons. The van der Waals surface area contributed by atoms with Crippen molar-refractivity contribution in [1.82, 2.24) is 0 Å². The van der Waals surface area contributed by atoms with E-state index in [0.717, 1.165) is 5.56 Å². The fourth-order valence-electron chi connectivity index (χ4n) is 1.93. The molecule has 0 aromatic heterocycles. The molecule has 0 atom stereocenters. The zero-order chi connectivity index (χ0) is 15.9. The SMILES string of the molecule is COCCOc1ccccc1C(=O)Nc1cc(Cl)ccc1C. The number of para-hydroxylation sites is 1. The van der Waals surface area contributed by atoms with E-state index < -0.39 is 0 Å². The molecule has 0 aliphatic heterocycles.